The lowest BCUT2D eigenvalue weighted by Crippen LogP contribution is -2.08. The second-order valence-electron chi connectivity index (χ2n) is 4.49. The zero-order chi connectivity index (χ0) is 12.0. The van der Waals surface area contributed by atoms with Gasteiger partial charge in [-0.2, -0.15) is 0 Å². The van der Waals surface area contributed by atoms with Gasteiger partial charge in [0.15, 0.2) is 0 Å². The quantitative estimate of drug-likeness (QED) is 0.765. The molecule has 0 saturated heterocycles. The van der Waals surface area contributed by atoms with Crippen molar-refractivity contribution in [1.29, 1.82) is 0 Å². The van der Waals surface area contributed by atoms with Gasteiger partial charge in [-0.05, 0) is 29.9 Å². The Bertz CT molecular complexity index is 302. The molecule has 0 saturated carbocycles. The van der Waals surface area contributed by atoms with E-state index in [0.717, 1.165) is 31.2 Å². The minimum atomic E-state index is -0.291. The molecular formula is C15H24O. The fourth-order valence-electron chi connectivity index (χ4n) is 2.25. The summed E-state index contributed by atoms with van der Waals surface area (Å²) in [5.41, 5.74) is 2.40. The molecule has 16 heavy (non-hydrogen) atoms. The third kappa shape index (κ3) is 3.34. The number of benzene rings is 1. The van der Waals surface area contributed by atoms with Gasteiger partial charge in [0, 0.05) is 0 Å². The summed E-state index contributed by atoms with van der Waals surface area (Å²) in [4.78, 5) is 0. The molecule has 1 rings (SSSR count). The van der Waals surface area contributed by atoms with Crippen LogP contribution in [0, 0.1) is 5.92 Å². The highest BCUT2D eigenvalue weighted by Gasteiger charge is 2.15. The molecule has 0 fully saturated rings. The first-order valence-corrected chi connectivity index (χ1v) is 6.48. The van der Waals surface area contributed by atoms with Crippen molar-refractivity contribution in [2.24, 2.45) is 5.92 Å². The van der Waals surface area contributed by atoms with Gasteiger partial charge in [0.1, 0.15) is 0 Å². The lowest BCUT2D eigenvalue weighted by Gasteiger charge is -2.19. The second-order valence-corrected chi connectivity index (χ2v) is 4.49. The van der Waals surface area contributed by atoms with Crippen LogP contribution in [0.15, 0.2) is 24.3 Å². The van der Waals surface area contributed by atoms with Crippen molar-refractivity contribution in [1.82, 2.24) is 0 Å². The Kier molecular flexibility index (Phi) is 5.54. The third-order valence-corrected chi connectivity index (χ3v) is 3.51. The van der Waals surface area contributed by atoms with E-state index in [4.69, 9.17) is 0 Å². The van der Waals surface area contributed by atoms with Gasteiger partial charge in [-0.3, -0.25) is 0 Å². The second kappa shape index (κ2) is 6.70. The topological polar surface area (TPSA) is 20.2 Å². The summed E-state index contributed by atoms with van der Waals surface area (Å²) in [5, 5.41) is 10.3. The van der Waals surface area contributed by atoms with E-state index < -0.39 is 0 Å². The fourth-order valence-corrected chi connectivity index (χ4v) is 2.25. The van der Waals surface area contributed by atoms with Crippen molar-refractivity contribution < 1.29 is 5.11 Å². The van der Waals surface area contributed by atoms with Crippen LogP contribution in [0.5, 0.6) is 0 Å². The van der Waals surface area contributed by atoms with Gasteiger partial charge in [-0.1, -0.05) is 57.9 Å². The number of aliphatic hydroxyl groups excluding tert-OH is 1. The van der Waals surface area contributed by atoms with E-state index in [1.165, 1.54) is 5.56 Å². The molecule has 0 radical (unpaired) electrons. The van der Waals surface area contributed by atoms with Gasteiger partial charge >= 0.3 is 0 Å². The maximum atomic E-state index is 10.3. The molecule has 0 aliphatic heterocycles. The molecule has 0 spiro atoms. The van der Waals surface area contributed by atoms with Gasteiger partial charge in [0.25, 0.3) is 0 Å². The van der Waals surface area contributed by atoms with Crippen LogP contribution >= 0.6 is 0 Å². The molecule has 1 aromatic rings. The van der Waals surface area contributed by atoms with E-state index in [2.05, 4.69) is 32.9 Å². The van der Waals surface area contributed by atoms with Gasteiger partial charge in [-0.25, -0.2) is 0 Å². The van der Waals surface area contributed by atoms with Gasteiger partial charge in [0.2, 0.25) is 0 Å². The van der Waals surface area contributed by atoms with Crippen molar-refractivity contribution in [3.63, 3.8) is 0 Å². The Morgan fingerprint density at radius 1 is 1.06 bits per heavy atom. The standard InChI is InChI=1S/C15H24O/c1-4-12(5-2)11-15(16)14-10-8-7-9-13(14)6-3/h7-10,12,15-16H,4-6,11H2,1-3H3. The van der Waals surface area contributed by atoms with Crippen molar-refractivity contribution in [3.8, 4) is 0 Å². The number of rotatable bonds is 6. The molecule has 0 amide bonds. The maximum absolute atomic E-state index is 10.3. The SMILES string of the molecule is CCc1ccccc1C(O)CC(CC)CC. The summed E-state index contributed by atoms with van der Waals surface area (Å²) in [6.45, 7) is 6.54. The van der Waals surface area contributed by atoms with E-state index in [1.54, 1.807) is 0 Å². The summed E-state index contributed by atoms with van der Waals surface area (Å²) in [6.07, 6.45) is 3.91. The van der Waals surface area contributed by atoms with Crippen molar-refractivity contribution in [2.75, 3.05) is 0 Å². The van der Waals surface area contributed by atoms with E-state index in [1.807, 2.05) is 12.1 Å². The molecular weight excluding hydrogens is 196 g/mol. The van der Waals surface area contributed by atoms with Gasteiger partial charge < -0.3 is 5.11 Å². The Labute approximate surface area is 99.5 Å². The molecule has 0 aliphatic rings. The minimum absolute atomic E-state index is 0.291. The third-order valence-electron chi connectivity index (χ3n) is 3.51. The van der Waals surface area contributed by atoms with Crippen LogP contribution in [0.4, 0.5) is 0 Å². The van der Waals surface area contributed by atoms with Crippen LogP contribution in [0.3, 0.4) is 0 Å². The fraction of sp³-hybridized carbons (Fsp3) is 0.600. The monoisotopic (exact) mass is 220 g/mol. The van der Waals surface area contributed by atoms with Crippen LogP contribution < -0.4 is 0 Å². The minimum Gasteiger partial charge on any atom is -0.388 e. The van der Waals surface area contributed by atoms with Gasteiger partial charge in [-0.15, -0.1) is 0 Å². The molecule has 0 aliphatic carbocycles. The molecule has 1 atom stereocenters. The average Bonchev–Trinajstić information content (AvgIpc) is 2.35. The Hall–Kier alpha value is -0.820. The largest absolute Gasteiger partial charge is 0.388 e. The van der Waals surface area contributed by atoms with E-state index in [0.29, 0.717) is 5.92 Å². The predicted octanol–water partition coefficient (Wildman–Crippen LogP) is 4.11. The lowest BCUT2D eigenvalue weighted by atomic mass is 9.90. The Balaban J connectivity index is 2.75. The maximum Gasteiger partial charge on any atom is 0.0795 e. The average molecular weight is 220 g/mol. The molecule has 1 unspecified atom stereocenters. The summed E-state index contributed by atoms with van der Waals surface area (Å²) in [6, 6.07) is 8.24. The Morgan fingerprint density at radius 2 is 1.69 bits per heavy atom. The van der Waals surface area contributed by atoms with Crippen LogP contribution in [0.1, 0.15) is 57.3 Å². The highest BCUT2D eigenvalue weighted by molar-refractivity contribution is 5.28. The van der Waals surface area contributed by atoms with E-state index in [9.17, 15) is 5.11 Å². The van der Waals surface area contributed by atoms with Crippen molar-refractivity contribution in [2.45, 2.75) is 52.6 Å². The zero-order valence-corrected chi connectivity index (χ0v) is 10.7. The van der Waals surface area contributed by atoms with Crippen LogP contribution in [0.25, 0.3) is 0 Å². The van der Waals surface area contributed by atoms with Crippen LogP contribution in [-0.4, -0.2) is 5.11 Å². The number of hydrogen-bond acceptors (Lipinski definition) is 1. The summed E-state index contributed by atoms with van der Waals surface area (Å²) in [5.74, 6) is 0.639. The predicted molar refractivity (Wildman–Crippen MR) is 69.5 cm³/mol. The molecule has 1 heteroatoms. The number of aliphatic hydroxyl groups is 1. The van der Waals surface area contributed by atoms with Gasteiger partial charge in [0.05, 0.1) is 6.10 Å². The molecule has 1 N–H and O–H groups in total. The lowest BCUT2D eigenvalue weighted by molar-refractivity contribution is 0.140. The highest BCUT2D eigenvalue weighted by atomic mass is 16.3. The van der Waals surface area contributed by atoms with Crippen LogP contribution in [0.2, 0.25) is 0 Å². The summed E-state index contributed by atoms with van der Waals surface area (Å²) in [7, 11) is 0. The molecule has 1 nitrogen and oxygen atoms in total. The first-order valence-electron chi connectivity index (χ1n) is 6.48. The zero-order valence-electron chi connectivity index (χ0n) is 10.7. The highest BCUT2D eigenvalue weighted by Crippen LogP contribution is 2.27. The van der Waals surface area contributed by atoms with E-state index >= 15 is 0 Å². The van der Waals surface area contributed by atoms with E-state index in [-0.39, 0.29) is 6.10 Å². The molecule has 1 aromatic carbocycles. The summed E-state index contributed by atoms with van der Waals surface area (Å²) >= 11 is 0. The normalized spacial score (nSPS) is 13.1. The number of hydrogen-bond donors (Lipinski definition) is 1. The van der Waals surface area contributed by atoms with Crippen molar-refractivity contribution >= 4 is 0 Å². The smallest absolute Gasteiger partial charge is 0.0795 e. The number of aryl methyl sites for hydroxylation is 1. The van der Waals surface area contributed by atoms with Crippen LogP contribution in [-0.2, 0) is 6.42 Å². The molecule has 90 valence electrons. The first-order chi connectivity index (χ1) is 7.72. The van der Waals surface area contributed by atoms with Crippen molar-refractivity contribution in [3.05, 3.63) is 35.4 Å². The first kappa shape index (κ1) is 13.2. The molecule has 0 aromatic heterocycles. The molecule has 0 heterocycles. The Morgan fingerprint density at radius 3 is 2.25 bits per heavy atom. The summed E-state index contributed by atoms with van der Waals surface area (Å²) < 4.78 is 0. The molecule has 0 bridgehead atoms.